The number of aromatic nitrogens is 4. The summed E-state index contributed by atoms with van der Waals surface area (Å²) >= 11 is 0. The first kappa shape index (κ1) is 22.9. The Labute approximate surface area is 184 Å². The number of hydrogen-bond acceptors (Lipinski definition) is 7. The number of methoxy groups -OCH3 is 2. The summed E-state index contributed by atoms with van der Waals surface area (Å²) in [7, 11) is 3.40. The van der Waals surface area contributed by atoms with Crippen LogP contribution in [0.25, 0.3) is 0 Å². The third-order valence-corrected chi connectivity index (χ3v) is 6.30. The predicted molar refractivity (Wildman–Crippen MR) is 117 cm³/mol. The first-order valence-electron chi connectivity index (χ1n) is 10.7. The molecule has 2 aliphatic rings. The largest absolute Gasteiger partial charge is 0.497 e. The van der Waals surface area contributed by atoms with Gasteiger partial charge in [-0.15, -0.1) is 17.5 Å². The minimum Gasteiger partial charge on any atom is -0.497 e. The minimum atomic E-state index is 0. The number of tetrazole rings is 1. The monoisotopic (exact) mass is 436 g/mol. The SMILES string of the molecule is COCCn1nnnc1C(c1ccc(OC)cc1)N1CCN(C2CCCC2)CC1.Cl. The molecule has 1 atom stereocenters. The second-order valence-electron chi connectivity index (χ2n) is 7.94. The van der Waals surface area contributed by atoms with Gasteiger partial charge in [0.2, 0.25) is 0 Å². The Morgan fingerprint density at radius 2 is 1.73 bits per heavy atom. The van der Waals surface area contributed by atoms with Crippen LogP contribution in [0.2, 0.25) is 0 Å². The van der Waals surface area contributed by atoms with Gasteiger partial charge in [0, 0.05) is 39.3 Å². The van der Waals surface area contributed by atoms with E-state index in [1.54, 1.807) is 14.2 Å². The van der Waals surface area contributed by atoms with Crippen molar-refractivity contribution in [2.45, 2.75) is 44.3 Å². The van der Waals surface area contributed by atoms with Gasteiger partial charge < -0.3 is 9.47 Å². The van der Waals surface area contributed by atoms with Crippen molar-refractivity contribution < 1.29 is 9.47 Å². The van der Waals surface area contributed by atoms with Crippen molar-refractivity contribution in [2.24, 2.45) is 0 Å². The second kappa shape index (κ2) is 11.0. The van der Waals surface area contributed by atoms with Crippen molar-refractivity contribution in [1.29, 1.82) is 0 Å². The van der Waals surface area contributed by atoms with Gasteiger partial charge in [0.1, 0.15) is 5.75 Å². The van der Waals surface area contributed by atoms with Crippen molar-refractivity contribution in [2.75, 3.05) is 47.0 Å². The first-order valence-corrected chi connectivity index (χ1v) is 10.7. The summed E-state index contributed by atoms with van der Waals surface area (Å²) in [5.41, 5.74) is 1.19. The van der Waals surface area contributed by atoms with Crippen LogP contribution < -0.4 is 4.74 Å². The average molecular weight is 437 g/mol. The summed E-state index contributed by atoms with van der Waals surface area (Å²) < 4.78 is 12.5. The number of halogens is 1. The average Bonchev–Trinajstić information content (AvgIpc) is 3.46. The summed E-state index contributed by atoms with van der Waals surface area (Å²) in [6.07, 6.45) is 5.48. The van der Waals surface area contributed by atoms with Crippen molar-refractivity contribution in [3.63, 3.8) is 0 Å². The van der Waals surface area contributed by atoms with Crippen LogP contribution in [0.15, 0.2) is 24.3 Å². The molecule has 1 unspecified atom stereocenters. The molecule has 1 aromatic heterocycles. The molecule has 0 N–H and O–H groups in total. The molecule has 2 aromatic rings. The smallest absolute Gasteiger partial charge is 0.173 e. The zero-order chi connectivity index (χ0) is 20.1. The molecule has 1 aromatic carbocycles. The van der Waals surface area contributed by atoms with Crippen LogP contribution in [-0.2, 0) is 11.3 Å². The quantitative estimate of drug-likeness (QED) is 0.629. The van der Waals surface area contributed by atoms with Crippen LogP contribution in [0.1, 0.15) is 43.1 Å². The van der Waals surface area contributed by atoms with Crippen molar-refractivity contribution in [3.05, 3.63) is 35.7 Å². The molecular weight excluding hydrogens is 404 g/mol. The number of benzene rings is 1. The molecule has 4 rings (SSSR count). The molecule has 0 amide bonds. The highest BCUT2D eigenvalue weighted by Crippen LogP contribution is 2.31. The molecule has 1 saturated heterocycles. The number of piperazine rings is 1. The van der Waals surface area contributed by atoms with Crippen molar-refractivity contribution in [1.82, 2.24) is 30.0 Å². The van der Waals surface area contributed by atoms with Crippen LogP contribution >= 0.6 is 12.4 Å². The maximum atomic E-state index is 5.35. The number of hydrogen-bond donors (Lipinski definition) is 0. The number of rotatable bonds is 8. The van der Waals surface area contributed by atoms with Gasteiger partial charge in [-0.1, -0.05) is 25.0 Å². The van der Waals surface area contributed by atoms with Gasteiger partial charge in [-0.25, -0.2) is 4.68 Å². The first-order chi connectivity index (χ1) is 14.3. The lowest BCUT2D eigenvalue weighted by molar-refractivity contribution is 0.0763. The lowest BCUT2D eigenvalue weighted by atomic mass is 10.0. The molecule has 2 heterocycles. The third kappa shape index (κ3) is 5.11. The van der Waals surface area contributed by atoms with E-state index in [2.05, 4.69) is 37.5 Å². The van der Waals surface area contributed by atoms with Gasteiger partial charge in [-0.2, -0.15) is 0 Å². The van der Waals surface area contributed by atoms with E-state index < -0.39 is 0 Å². The standard InChI is InChI=1S/C21H32N6O2.ClH/c1-28-16-15-27-21(22-23-24-27)20(17-7-9-19(29-2)10-8-17)26-13-11-25(12-14-26)18-5-3-4-6-18;/h7-10,18,20H,3-6,11-16H2,1-2H3;1H. The molecule has 8 nitrogen and oxygen atoms in total. The Morgan fingerprint density at radius 3 is 2.37 bits per heavy atom. The van der Waals surface area contributed by atoms with Gasteiger partial charge in [-0.3, -0.25) is 9.80 Å². The van der Waals surface area contributed by atoms with Crippen LogP contribution in [0.5, 0.6) is 5.75 Å². The number of ether oxygens (including phenoxy) is 2. The minimum absolute atomic E-state index is 0. The summed E-state index contributed by atoms with van der Waals surface area (Å²) in [6.45, 7) is 5.49. The molecular formula is C21H33ClN6O2. The molecule has 1 saturated carbocycles. The summed E-state index contributed by atoms with van der Waals surface area (Å²) in [6, 6.07) is 9.09. The summed E-state index contributed by atoms with van der Waals surface area (Å²) in [4.78, 5) is 5.20. The van der Waals surface area contributed by atoms with Crippen molar-refractivity contribution in [3.8, 4) is 5.75 Å². The lowest BCUT2D eigenvalue weighted by Gasteiger charge is -2.41. The van der Waals surface area contributed by atoms with Gasteiger partial charge in [0.25, 0.3) is 0 Å². The molecule has 166 valence electrons. The van der Waals surface area contributed by atoms with E-state index in [0.29, 0.717) is 13.2 Å². The maximum Gasteiger partial charge on any atom is 0.173 e. The molecule has 0 radical (unpaired) electrons. The highest BCUT2D eigenvalue weighted by atomic mass is 35.5. The van der Waals surface area contributed by atoms with Crippen LogP contribution in [0.3, 0.4) is 0 Å². The Hall–Kier alpha value is -1.74. The van der Waals surface area contributed by atoms with E-state index in [0.717, 1.165) is 43.8 Å². The lowest BCUT2D eigenvalue weighted by Crippen LogP contribution is -2.51. The molecule has 0 spiro atoms. The molecule has 2 fully saturated rings. The van der Waals surface area contributed by atoms with E-state index in [1.165, 1.54) is 31.2 Å². The highest BCUT2D eigenvalue weighted by Gasteiger charge is 2.33. The van der Waals surface area contributed by atoms with E-state index in [4.69, 9.17) is 9.47 Å². The van der Waals surface area contributed by atoms with E-state index in [1.807, 2.05) is 16.8 Å². The van der Waals surface area contributed by atoms with Gasteiger partial charge in [0.15, 0.2) is 5.82 Å². The van der Waals surface area contributed by atoms with Gasteiger partial charge in [-0.05, 0) is 41.0 Å². The predicted octanol–water partition coefficient (Wildman–Crippen LogP) is 2.40. The molecule has 1 aliphatic heterocycles. The van der Waals surface area contributed by atoms with E-state index >= 15 is 0 Å². The fourth-order valence-electron chi connectivity index (χ4n) is 4.68. The molecule has 0 bridgehead atoms. The summed E-state index contributed by atoms with van der Waals surface area (Å²) in [5.74, 6) is 1.74. The fraction of sp³-hybridized carbons (Fsp3) is 0.667. The van der Waals surface area contributed by atoms with E-state index in [-0.39, 0.29) is 18.4 Å². The zero-order valence-electron chi connectivity index (χ0n) is 17.9. The van der Waals surface area contributed by atoms with Crippen LogP contribution in [-0.4, -0.2) is 83.1 Å². The van der Waals surface area contributed by atoms with E-state index in [9.17, 15) is 0 Å². The van der Waals surface area contributed by atoms with Gasteiger partial charge in [0.05, 0.1) is 26.3 Å². The Balaban J connectivity index is 0.00000256. The highest BCUT2D eigenvalue weighted by molar-refractivity contribution is 5.85. The molecule has 9 heteroatoms. The Morgan fingerprint density at radius 1 is 1.03 bits per heavy atom. The fourth-order valence-corrected chi connectivity index (χ4v) is 4.68. The Kier molecular flexibility index (Phi) is 8.44. The zero-order valence-corrected chi connectivity index (χ0v) is 18.8. The number of nitrogens with zero attached hydrogens (tertiary/aromatic N) is 6. The van der Waals surface area contributed by atoms with Gasteiger partial charge >= 0.3 is 0 Å². The normalized spacial score (nSPS) is 19.5. The summed E-state index contributed by atoms with van der Waals surface area (Å²) in [5, 5.41) is 12.6. The molecule has 1 aliphatic carbocycles. The molecule has 30 heavy (non-hydrogen) atoms. The van der Waals surface area contributed by atoms with Crippen LogP contribution in [0, 0.1) is 0 Å². The second-order valence-corrected chi connectivity index (χ2v) is 7.94. The Bertz CT molecular complexity index is 757. The van der Waals surface area contributed by atoms with Crippen LogP contribution in [0.4, 0.5) is 0 Å². The van der Waals surface area contributed by atoms with Crippen molar-refractivity contribution >= 4 is 12.4 Å². The maximum absolute atomic E-state index is 5.35. The third-order valence-electron chi connectivity index (χ3n) is 6.30. The topological polar surface area (TPSA) is 68.5 Å².